The van der Waals surface area contributed by atoms with Crippen molar-refractivity contribution in [2.75, 3.05) is 0 Å². The molecule has 0 unspecified atom stereocenters. The first-order chi connectivity index (χ1) is 7.72. The monoisotopic (exact) mass is 238 g/mol. The molecule has 0 bridgehead atoms. The predicted octanol–water partition coefficient (Wildman–Crippen LogP) is -0.412. The Kier molecular flexibility index (Phi) is 8.82. The Morgan fingerprint density at radius 3 is 1.88 bits per heavy atom. The van der Waals surface area contributed by atoms with Gasteiger partial charge in [-0.3, -0.25) is 0 Å². The highest BCUT2D eigenvalue weighted by molar-refractivity contribution is 7.96. The van der Waals surface area contributed by atoms with Crippen LogP contribution in [-0.2, 0) is 9.59 Å². The molecule has 2 N–H and O–H groups in total. The Balaban J connectivity index is 0.000000293. The Hall–Kier alpha value is -1.69. The summed E-state index contributed by atoms with van der Waals surface area (Å²) >= 11 is 0.456. The fourth-order valence-corrected chi connectivity index (χ4v) is 0.786. The molecule has 0 aromatic heterocycles. The van der Waals surface area contributed by atoms with E-state index < -0.39 is 7.12 Å². The SMILES string of the molecule is O=C=NSN=C=O.OB(O)c1ccccc1. The summed E-state index contributed by atoms with van der Waals surface area (Å²) in [5.41, 5.74) is 0.525. The Morgan fingerprint density at radius 2 is 1.56 bits per heavy atom. The molecule has 6 nitrogen and oxygen atoms in total. The van der Waals surface area contributed by atoms with Gasteiger partial charge >= 0.3 is 7.12 Å². The van der Waals surface area contributed by atoms with Gasteiger partial charge in [0, 0.05) is 0 Å². The van der Waals surface area contributed by atoms with E-state index in [1.165, 1.54) is 12.2 Å². The first-order valence-corrected chi connectivity index (χ1v) is 4.67. The van der Waals surface area contributed by atoms with E-state index in [-0.39, 0.29) is 0 Å². The standard InChI is InChI=1S/C6H7BO2.C2N2O2S/c8-7(9)6-4-2-1-3-5-6;5-1-3-7-4-2-6/h1-5,8-9H;. The van der Waals surface area contributed by atoms with E-state index >= 15 is 0 Å². The second-order valence-corrected chi connectivity index (χ2v) is 2.76. The lowest BCUT2D eigenvalue weighted by Crippen LogP contribution is -2.29. The normalized spacial score (nSPS) is 7.62. The van der Waals surface area contributed by atoms with Crippen LogP contribution in [0.1, 0.15) is 0 Å². The van der Waals surface area contributed by atoms with E-state index in [0.29, 0.717) is 17.6 Å². The van der Waals surface area contributed by atoms with Gasteiger partial charge < -0.3 is 10.0 Å². The van der Waals surface area contributed by atoms with Crippen LogP contribution >= 0.6 is 12.1 Å². The molecule has 0 saturated carbocycles. The van der Waals surface area contributed by atoms with E-state index in [9.17, 15) is 9.59 Å². The van der Waals surface area contributed by atoms with E-state index in [1.54, 1.807) is 24.3 Å². The highest BCUT2D eigenvalue weighted by Crippen LogP contribution is 1.96. The molecule has 0 fully saturated rings. The summed E-state index contributed by atoms with van der Waals surface area (Å²) in [5.74, 6) is 0. The van der Waals surface area contributed by atoms with Crippen molar-refractivity contribution in [3.63, 3.8) is 0 Å². The molecule has 0 spiro atoms. The maximum absolute atomic E-state index is 9.18. The minimum absolute atomic E-state index is 0.456. The van der Waals surface area contributed by atoms with Gasteiger partial charge in [-0.1, -0.05) is 30.3 Å². The van der Waals surface area contributed by atoms with E-state index in [2.05, 4.69) is 8.80 Å². The molecule has 0 aliphatic rings. The molecule has 1 aromatic carbocycles. The number of nitrogens with zero attached hydrogens (tertiary/aromatic N) is 2. The summed E-state index contributed by atoms with van der Waals surface area (Å²) in [7, 11) is -1.34. The summed E-state index contributed by atoms with van der Waals surface area (Å²) in [5, 5.41) is 17.2. The fourth-order valence-electron chi connectivity index (χ4n) is 0.679. The smallest absolute Gasteiger partial charge is 0.423 e. The van der Waals surface area contributed by atoms with Crippen molar-refractivity contribution in [3.05, 3.63) is 30.3 Å². The Bertz CT molecular complexity index is 372. The highest BCUT2D eigenvalue weighted by atomic mass is 32.2. The molecule has 16 heavy (non-hydrogen) atoms. The maximum atomic E-state index is 9.18. The van der Waals surface area contributed by atoms with Crippen molar-refractivity contribution in [3.8, 4) is 0 Å². The van der Waals surface area contributed by atoms with Crippen LogP contribution < -0.4 is 5.46 Å². The number of carbonyl (C=O) groups excluding carboxylic acids is 2. The number of hydrogen-bond donors (Lipinski definition) is 2. The maximum Gasteiger partial charge on any atom is 0.488 e. The molecule has 0 atom stereocenters. The minimum atomic E-state index is -1.34. The van der Waals surface area contributed by atoms with Crippen molar-refractivity contribution in [2.45, 2.75) is 0 Å². The molecule has 0 aliphatic heterocycles. The summed E-state index contributed by atoms with van der Waals surface area (Å²) < 4.78 is 5.69. The second-order valence-electron chi connectivity index (χ2n) is 2.23. The zero-order valence-electron chi connectivity index (χ0n) is 7.98. The first kappa shape index (κ1) is 14.3. The third-order valence-corrected chi connectivity index (χ3v) is 1.57. The van der Waals surface area contributed by atoms with E-state index in [1.807, 2.05) is 6.07 Å². The average molecular weight is 238 g/mol. The van der Waals surface area contributed by atoms with Gasteiger partial charge in [-0.05, 0) is 5.46 Å². The molecule has 0 radical (unpaired) electrons. The molecule has 0 heterocycles. The summed E-state index contributed by atoms with van der Waals surface area (Å²) in [6.45, 7) is 0. The van der Waals surface area contributed by atoms with Crippen LogP contribution in [0.4, 0.5) is 0 Å². The van der Waals surface area contributed by atoms with E-state index in [0.717, 1.165) is 0 Å². The molecule has 0 amide bonds. The molecular formula is C8H7BN2O4S. The summed E-state index contributed by atoms with van der Waals surface area (Å²) in [6.07, 6.45) is 2.34. The summed E-state index contributed by atoms with van der Waals surface area (Å²) in [6, 6.07) is 8.66. The van der Waals surface area contributed by atoms with Gasteiger partial charge in [0.1, 0.15) is 12.1 Å². The third kappa shape index (κ3) is 7.69. The average Bonchev–Trinajstić information content (AvgIpc) is 2.32. The number of hydrogen-bond acceptors (Lipinski definition) is 7. The molecule has 1 rings (SSSR count). The van der Waals surface area contributed by atoms with Gasteiger partial charge in [-0.25, -0.2) is 9.59 Å². The quantitative estimate of drug-likeness (QED) is 0.322. The molecular weight excluding hydrogens is 231 g/mol. The zero-order chi connectivity index (χ0) is 12.2. The third-order valence-electron chi connectivity index (χ3n) is 1.25. The van der Waals surface area contributed by atoms with Crippen LogP contribution in [0.3, 0.4) is 0 Å². The van der Waals surface area contributed by atoms with Crippen LogP contribution in [0.2, 0.25) is 0 Å². The molecule has 1 aromatic rings. The summed E-state index contributed by atoms with van der Waals surface area (Å²) in [4.78, 5) is 18.4. The van der Waals surface area contributed by atoms with Crippen molar-refractivity contribution in [2.24, 2.45) is 8.80 Å². The van der Waals surface area contributed by atoms with Gasteiger partial charge in [-0.2, -0.15) is 0 Å². The molecule has 0 saturated heterocycles. The van der Waals surface area contributed by atoms with E-state index in [4.69, 9.17) is 10.0 Å². The van der Waals surface area contributed by atoms with Gasteiger partial charge in [0.25, 0.3) is 0 Å². The van der Waals surface area contributed by atoms with Crippen LogP contribution in [0, 0.1) is 0 Å². The number of rotatable bonds is 3. The zero-order valence-corrected chi connectivity index (χ0v) is 8.79. The van der Waals surface area contributed by atoms with Crippen molar-refractivity contribution in [1.82, 2.24) is 0 Å². The first-order valence-electron chi connectivity index (χ1n) is 3.94. The largest absolute Gasteiger partial charge is 0.488 e. The van der Waals surface area contributed by atoms with Crippen molar-refractivity contribution >= 4 is 36.9 Å². The molecule has 8 heteroatoms. The number of benzene rings is 1. The van der Waals surface area contributed by atoms with Crippen LogP contribution in [0.5, 0.6) is 0 Å². The lowest BCUT2D eigenvalue weighted by atomic mass is 9.81. The van der Waals surface area contributed by atoms with Crippen molar-refractivity contribution < 1.29 is 19.6 Å². The topological polar surface area (TPSA) is 99.3 Å². The van der Waals surface area contributed by atoms with Crippen LogP contribution in [0.25, 0.3) is 0 Å². The van der Waals surface area contributed by atoms with Gasteiger partial charge in [0.15, 0.2) is 0 Å². The molecule has 82 valence electrons. The van der Waals surface area contributed by atoms with Crippen LogP contribution in [-0.4, -0.2) is 29.3 Å². The predicted molar refractivity (Wildman–Crippen MR) is 60.1 cm³/mol. The second kappa shape index (κ2) is 9.85. The Labute approximate surface area is 96.2 Å². The van der Waals surface area contributed by atoms with Gasteiger partial charge in [-0.15, -0.1) is 8.80 Å². The van der Waals surface area contributed by atoms with Gasteiger partial charge in [0.05, 0.1) is 0 Å². The Morgan fingerprint density at radius 1 is 1.06 bits per heavy atom. The fraction of sp³-hybridized carbons (Fsp3) is 0. The van der Waals surface area contributed by atoms with Gasteiger partial charge in [0.2, 0.25) is 12.2 Å². The minimum Gasteiger partial charge on any atom is -0.423 e. The lowest BCUT2D eigenvalue weighted by molar-refractivity contribution is 0.426. The molecule has 0 aliphatic carbocycles. The number of isocyanates is 2. The lowest BCUT2D eigenvalue weighted by Gasteiger charge is -1.94. The van der Waals surface area contributed by atoms with Crippen LogP contribution in [0.15, 0.2) is 39.1 Å². The highest BCUT2D eigenvalue weighted by Gasteiger charge is 2.07. The van der Waals surface area contributed by atoms with Crippen molar-refractivity contribution in [1.29, 1.82) is 0 Å².